The molecule has 8 nitrogen and oxygen atoms in total. The van der Waals surface area contributed by atoms with Gasteiger partial charge < -0.3 is 10.1 Å². The van der Waals surface area contributed by atoms with Gasteiger partial charge >= 0.3 is 11.7 Å². The molecular formula is C19H17N3O5. The molecule has 0 fully saturated rings. The molecule has 0 bridgehead atoms. The normalized spacial score (nSPS) is 10.5. The quantitative estimate of drug-likeness (QED) is 0.618. The summed E-state index contributed by atoms with van der Waals surface area (Å²) in [6, 6.07) is 15.7. The molecule has 0 aliphatic heterocycles. The summed E-state index contributed by atoms with van der Waals surface area (Å²) in [5.41, 5.74) is -0.00939. The van der Waals surface area contributed by atoms with E-state index >= 15 is 0 Å². The van der Waals surface area contributed by atoms with Crippen molar-refractivity contribution in [2.45, 2.75) is 13.1 Å². The number of hydrogen-bond donors (Lipinski definition) is 2. The van der Waals surface area contributed by atoms with E-state index in [0.29, 0.717) is 12.1 Å². The van der Waals surface area contributed by atoms with Gasteiger partial charge in [0.05, 0.1) is 10.9 Å². The number of benzene rings is 2. The summed E-state index contributed by atoms with van der Waals surface area (Å²) in [6.07, 6.45) is 0. The minimum Gasteiger partial charge on any atom is -0.454 e. The molecule has 2 N–H and O–H groups in total. The zero-order valence-electron chi connectivity index (χ0n) is 14.3. The first kappa shape index (κ1) is 18.1. The average molecular weight is 367 g/mol. The molecule has 0 saturated heterocycles. The molecule has 1 heterocycles. The number of rotatable bonds is 6. The second kappa shape index (κ2) is 8.13. The SMILES string of the molecule is O=C(COC(=O)Cn1c(=O)[nH]c(=O)c2ccccc21)NCc1ccccc1. The van der Waals surface area contributed by atoms with E-state index in [9.17, 15) is 19.2 Å². The molecule has 8 heteroatoms. The predicted octanol–water partition coefficient (Wildman–Crippen LogP) is 0.549. The van der Waals surface area contributed by atoms with Crippen LogP contribution in [-0.4, -0.2) is 28.0 Å². The highest BCUT2D eigenvalue weighted by atomic mass is 16.5. The number of H-pyrrole nitrogens is 1. The summed E-state index contributed by atoms with van der Waals surface area (Å²) in [6.45, 7) is -0.551. The Morgan fingerprint density at radius 3 is 2.48 bits per heavy atom. The number of amides is 1. The Balaban J connectivity index is 1.60. The lowest BCUT2D eigenvalue weighted by atomic mass is 10.2. The monoisotopic (exact) mass is 367 g/mol. The van der Waals surface area contributed by atoms with Gasteiger partial charge in [-0.1, -0.05) is 42.5 Å². The highest BCUT2D eigenvalue weighted by Crippen LogP contribution is 2.06. The summed E-state index contributed by atoms with van der Waals surface area (Å²) in [7, 11) is 0. The van der Waals surface area contributed by atoms with Crippen LogP contribution in [0.3, 0.4) is 0 Å². The summed E-state index contributed by atoms with van der Waals surface area (Å²) >= 11 is 0. The van der Waals surface area contributed by atoms with Gasteiger partial charge in [0.2, 0.25) is 0 Å². The maximum Gasteiger partial charge on any atom is 0.329 e. The van der Waals surface area contributed by atoms with Crippen molar-refractivity contribution in [3.8, 4) is 0 Å². The number of fused-ring (bicyclic) bond motifs is 1. The Bertz CT molecular complexity index is 1090. The molecule has 0 unspecified atom stereocenters. The van der Waals surface area contributed by atoms with Crippen molar-refractivity contribution in [1.29, 1.82) is 0 Å². The Kier molecular flexibility index (Phi) is 5.46. The van der Waals surface area contributed by atoms with Gasteiger partial charge in [0.1, 0.15) is 6.54 Å². The standard InChI is InChI=1S/C19H17N3O5/c23-16(20-10-13-6-2-1-3-7-13)12-27-17(24)11-22-15-9-5-4-8-14(15)18(25)21-19(22)26/h1-9H,10-12H2,(H,20,23)(H,21,25,26). The smallest absolute Gasteiger partial charge is 0.329 e. The van der Waals surface area contributed by atoms with Crippen molar-refractivity contribution in [3.63, 3.8) is 0 Å². The first-order chi connectivity index (χ1) is 13.0. The van der Waals surface area contributed by atoms with Crippen LogP contribution in [0.1, 0.15) is 5.56 Å². The third kappa shape index (κ3) is 4.49. The lowest BCUT2D eigenvalue weighted by molar-refractivity contribution is -0.149. The van der Waals surface area contributed by atoms with Gasteiger partial charge in [0.25, 0.3) is 11.5 Å². The molecule has 1 aromatic heterocycles. The van der Waals surface area contributed by atoms with E-state index in [1.165, 1.54) is 0 Å². The largest absolute Gasteiger partial charge is 0.454 e. The van der Waals surface area contributed by atoms with Crippen LogP contribution in [0.4, 0.5) is 0 Å². The van der Waals surface area contributed by atoms with Crippen molar-refractivity contribution in [1.82, 2.24) is 14.9 Å². The molecule has 27 heavy (non-hydrogen) atoms. The van der Waals surface area contributed by atoms with Crippen molar-refractivity contribution in [3.05, 3.63) is 81.0 Å². The fourth-order valence-electron chi connectivity index (χ4n) is 2.57. The lowest BCUT2D eigenvalue weighted by Gasteiger charge is -2.10. The number of aromatic nitrogens is 2. The molecule has 3 rings (SSSR count). The van der Waals surface area contributed by atoms with Crippen molar-refractivity contribution < 1.29 is 14.3 Å². The van der Waals surface area contributed by atoms with Crippen LogP contribution in [0.5, 0.6) is 0 Å². The molecule has 138 valence electrons. The molecule has 0 aliphatic carbocycles. The van der Waals surface area contributed by atoms with Crippen LogP contribution in [0.2, 0.25) is 0 Å². The Hall–Kier alpha value is -3.68. The average Bonchev–Trinajstić information content (AvgIpc) is 2.69. The Labute approximate surface area is 153 Å². The van der Waals surface area contributed by atoms with E-state index in [0.717, 1.165) is 10.1 Å². The number of para-hydroxylation sites is 1. The molecule has 0 spiro atoms. The fraction of sp³-hybridized carbons (Fsp3) is 0.158. The zero-order valence-corrected chi connectivity index (χ0v) is 14.3. The highest BCUT2D eigenvalue weighted by Gasteiger charge is 2.13. The summed E-state index contributed by atoms with van der Waals surface area (Å²) in [5, 5.41) is 2.92. The minimum absolute atomic E-state index is 0.283. The number of esters is 1. The van der Waals surface area contributed by atoms with Crippen LogP contribution in [0.25, 0.3) is 10.9 Å². The molecular weight excluding hydrogens is 350 g/mol. The van der Waals surface area contributed by atoms with E-state index in [4.69, 9.17) is 4.74 Å². The molecule has 2 aromatic carbocycles. The van der Waals surface area contributed by atoms with E-state index in [-0.39, 0.29) is 5.39 Å². The van der Waals surface area contributed by atoms with Gasteiger partial charge in [-0.05, 0) is 17.7 Å². The molecule has 1 amide bonds. The topological polar surface area (TPSA) is 110 Å². The lowest BCUT2D eigenvalue weighted by Crippen LogP contribution is -2.34. The van der Waals surface area contributed by atoms with Crippen molar-refractivity contribution >= 4 is 22.8 Å². The fourth-order valence-corrected chi connectivity index (χ4v) is 2.57. The van der Waals surface area contributed by atoms with E-state index in [1.807, 2.05) is 30.3 Å². The molecule has 0 radical (unpaired) electrons. The molecule has 0 saturated carbocycles. The van der Waals surface area contributed by atoms with Crippen LogP contribution in [-0.2, 0) is 27.4 Å². The van der Waals surface area contributed by atoms with Gasteiger partial charge in [-0.3, -0.25) is 23.9 Å². The maximum atomic E-state index is 12.0. The first-order valence-electron chi connectivity index (χ1n) is 8.22. The summed E-state index contributed by atoms with van der Waals surface area (Å²) in [4.78, 5) is 49.8. The number of ether oxygens (including phenoxy) is 1. The number of nitrogens with one attached hydrogen (secondary N) is 2. The summed E-state index contributed by atoms with van der Waals surface area (Å²) in [5.74, 6) is -1.21. The second-order valence-corrected chi connectivity index (χ2v) is 5.79. The van der Waals surface area contributed by atoms with Gasteiger partial charge in [-0.15, -0.1) is 0 Å². The number of nitrogens with zero attached hydrogens (tertiary/aromatic N) is 1. The molecule has 3 aromatic rings. The minimum atomic E-state index is -0.760. The third-order valence-corrected chi connectivity index (χ3v) is 3.89. The maximum absolute atomic E-state index is 12.0. The number of aromatic amines is 1. The highest BCUT2D eigenvalue weighted by molar-refractivity contribution is 5.82. The first-order valence-corrected chi connectivity index (χ1v) is 8.22. The van der Waals surface area contributed by atoms with Crippen LogP contribution < -0.4 is 16.6 Å². The van der Waals surface area contributed by atoms with Crippen molar-refractivity contribution in [2.75, 3.05) is 6.61 Å². The molecule has 0 aliphatic rings. The second-order valence-electron chi connectivity index (χ2n) is 5.79. The van der Waals surface area contributed by atoms with Gasteiger partial charge in [-0.25, -0.2) is 4.79 Å². The predicted molar refractivity (Wildman–Crippen MR) is 98.1 cm³/mol. The van der Waals surface area contributed by atoms with E-state index < -0.39 is 36.3 Å². The van der Waals surface area contributed by atoms with Crippen LogP contribution in [0, 0.1) is 0 Å². The van der Waals surface area contributed by atoms with Crippen LogP contribution >= 0.6 is 0 Å². The zero-order chi connectivity index (χ0) is 19.2. The number of carbonyl (C=O) groups is 2. The molecule has 0 atom stereocenters. The Morgan fingerprint density at radius 2 is 1.70 bits per heavy atom. The van der Waals surface area contributed by atoms with Gasteiger partial charge in [-0.2, -0.15) is 0 Å². The number of carbonyl (C=O) groups excluding carboxylic acids is 2. The van der Waals surface area contributed by atoms with Crippen LogP contribution in [0.15, 0.2) is 64.2 Å². The number of hydrogen-bond acceptors (Lipinski definition) is 5. The summed E-state index contributed by atoms with van der Waals surface area (Å²) < 4.78 is 6.03. The van der Waals surface area contributed by atoms with Crippen molar-refractivity contribution in [2.24, 2.45) is 0 Å². The third-order valence-electron chi connectivity index (χ3n) is 3.89. The Morgan fingerprint density at radius 1 is 1.00 bits per heavy atom. The van der Waals surface area contributed by atoms with Gasteiger partial charge in [0, 0.05) is 6.54 Å². The van der Waals surface area contributed by atoms with E-state index in [1.54, 1.807) is 24.3 Å². The van der Waals surface area contributed by atoms with E-state index in [2.05, 4.69) is 10.3 Å². The van der Waals surface area contributed by atoms with Gasteiger partial charge in [0.15, 0.2) is 6.61 Å².